The summed E-state index contributed by atoms with van der Waals surface area (Å²) in [4.78, 5) is 21.7. The Hall–Kier alpha value is -3.14. The quantitative estimate of drug-likeness (QED) is 0.825. The van der Waals surface area contributed by atoms with E-state index in [0.29, 0.717) is 0 Å². The van der Waals surface area contributed by atoms with Crippen molar-refractivity contribution in [3.8, 4) is 0 Å². The van der Waals surface area contributed by atoms with E-state index in [1.807, 2.05) is 0 Å². The van der Waals surface area contributed by atoms with Crippen LogP contribution >= 0.6 is 0 Å². The van der Waals surface area contributed by atoms with Crippen molar-refractivity contribution in [2.24, 2.45) is 0 Å². The molecule has 4 aliphatic rings. The van der Waals surface area contributed by atoms with Gasteiger partial charge in [-0.05, 0) is 71.2 Å². The van der Waals surface area contributed by atoms with E-state index >= 15 is 0 Å². The molecule has 4 bridgehead atoms. The van der Waals surface area contributed by atoms with E-state index in [1.165, 1.54) is 12.2 Å². The van der Waals surface area contributed by atoms with Crippen LogP contribution in [0.2, 0.25) is 0 Å². The van der Waals surface area contributed by atoms with Gasteiger partial charge in [-0.25, -0.2) is 9.59 Å². The zero-order chi connectivity index (χ0) is 18.5. The van der Waals surface area contributed by atoms with Gasteiger partial charge in [-0.2, -0.15) is 0 Å². The number of carboxylic acids is 2. The molecule has 132 valence electrons. The summed E-state index contributed by atoms with van der Waals surface area (Å²) >= 11 is 0. The van der Waals surface area contributed by atoms with Crippen molar-refractivity contribution in [2.75, 3.05) is 0 Å². The minimum atomic E-state index is -0.952. The van der Waals surface area contributed by atoms with Gasteiger partial charge >= 0.3 is 11.9 Å². The number of hydrogen-bond acceptors (Lipinski definition) is 2. The predicted molar refractivity (Wildman–Crippen MR) is 101 cm³/mol. The normalized spacial score (nSPS) is 13.8. The summed E-state index contributed by atoms with van der Waals surface area (Å²) in [6.45, 7) is 0. The van der Waals surface area contributed by atoms with Crippen LogP contribution in [0, 0.1) is 0 Å². The molecule has 0 saturated heterocycles. The van der Waals surface area contributed by atoms with Crippen LogP contribution in [-0.4, -0.2) is 22.2 Å². The zero-order valence-corrected chi connectivity index (χ0v) is 14.3. The molecule has 0 heterocycles. The molecule has 2 aromatic carbocycles. The number of benzene rings is 2. The number of rotatable bonds is 4. The highest BCUT2D eigenvalue weighted by molar-refractivity contribution is 5.86. The summed E-state index contributed by atoms with van der Waals surface area (Å²) < 4.78 is 0. The van der Waals surface area contributed by atoms with Gasteiger partial charge in [0.1, 0.15) is 0 Å². The Morgan fingerprint density at radius 2 is 1.12 bits per heavy atom. The molecule has 0 fully saturated rings. The molecule has 0 saturated carbocycles. The molecule has 6 rings (SSSR count). The molecule has 4 heteroatoms. The molecule has 4 aliphatic carbocycles. The van der Waals surface area contributed by atoms with Crippen LogP contribution in [0.5, 0.6) is 0 Å². The van der Waals surface area contributed by atoms with Crippen LogP contribution in [0.25, 0.3) is 12.2 Å². The summed E-state index contributed by atoms with van der Waals surface area (Å²) in [7, 11) is 0. The molecule has 0 unspecified atom stereocenters. The van der Waals surface area contributed by atoms with Gasteiger partial charge in [0, 0.05) is 12.2 Å². The smallest absolute Gasteiger partial charge is 0.328 e. The first-order chi connectivity index (χ1) is 12.5. The molecular weight excluding hydrogens is 328 g/mol. The fraction of sp³-hybridized carbons (Fsp3) is 0.182. The maximum atomic E-state index is 10.9. The van der Waals surface area contributed by atoms with Crippen LogP contribution in [0.1, 0.15) is 33.4 Å². The van der Waals surface area contributed by atoms with E-state index in [2.05, 4.69) is 36.4 Å². The second-order valence-corrected chi connectivity index (χ2v) is 6.41. The Bertz CT molecular complexity index is 831. The van der Waals surface area contributed by atoms with Gasteiger partial charge in [-0.1, -0.05) is 36.4 Å². The van der Waals surface area contributed by atoms with Gasteiger partial charge in [0.05, 0.1) is 0 Å². The average molecular weight is 348 g/mol. The lowest BCUT2D eigenvalue weighted by atomic mass is 9.91. The van der Waals surface area contributed by atoms with E-state index in [0.717, 1.165) is 59.1 Å². The van der Waals surface area contributed by atoms with Crippen LogP contribution in [0.4, 0.5) is 0 Å². The van der Waals surface area contributed by atoms with Crippen molar-refractivity contribution in [1.82, 2.24) is 0 Å². The minimum absolute atomic E-state index is 0.793. The zero-order valence-electron chi connectivity index (χ0n) is 14.3. The predicted octanol–water partition coefficient (Wildman–Crippen LogP) is 3.77. The van der Waals surface area contributed by atoms with Crippen molar-refractivity contribution < 1.29 is 19.8 Å². The SMILES string of the molecule is O=C(O)/C=C/c1cc2ccc1CCc1ccc(c(/C=C/C(=O)O)c1)CC2. The summed E-state index contributed by atoms with van der Waals surface area (Å²) in [5.74, 6) is -1.90. The highest BCUT2D eigenvalue weighted by atomic mass is 16.4. The van der Waals surface area contributed by atoms with E-state index in [9.17, 15) is 9.59 Å². The Balaban J connectivity index is 1.97. The highest BCUT2D eigenvalue weighted by Crippen LogP contribution is 2.23. The molecule has 2 aromatic rings. The molecule has 0 amide bonds. The monoisotopic (exact) mass is 348 g/mol. The second kappa shape index (κ2) is 7.83. The Morgan fingerprint density at radius 3 is 1.50 bits per heavy atom. The Morgan fingerprint density at radius 1 is 0.692 bits per heavy atom. The van der Waals surface area contributed by atoms with Gasteiger partial charge in [-0.3, -0.25) is 0 Å². The molecule has 0 aromatic heterocycles. The molecule has 2 N–H and O–H groups in total. The molecule has 0 radical (unpaired) electrons. The Labute approximate surface area is 152 Å². The Kier molecular flexibility index (Phi) is 5.32. The number of carboxylic acid groups (broad SMARTS) is 2. The van der Waals surface area contributed by atoms with Crippen molar-refractivity contribution in [2.45, 2.75) is 25.7 Å². The van der Waals surface area contributed by atoms with Gasteiger partial charge in [0.15, 0.2) is 0 Å². The number of aliphatic carboxylic acids is 2. The van der Waals surface area contributed by atoms with E-state index < -0.39 is 11.9 Å². The van der Waals surface area contributed by atoms with E-state index in [1.54, 1.807) is 12.2 Å². The first-order valence-corrected chi connectivity index (χ1v) is 8.57. The maximum absolute atomic E-state index is 10.9. The second-order valence-electron chi connectivity index (χ2n) is 6.41. The van der Waals surface area contributed by atoms with Crippen molar-refractivity contribution in [1.29, 1.82) is 0 Å². The van der Waals surface area contributed by atoms with Crippen LogP contribution in [0.15, 0.2) is 48.6 Å². The van der Waals surface area contributed by atoms with Crippen molar-refractivity contribution in [3.63, 3.8) is 0 Å². The van der Waals surface area contributed by atoms with E-state index in [4.69, 9.17) is 10.2 Å². The number of hydrogen-bond donors (Lipinski definition) is 2. The third-order valence-corrected chi connectivity index (χ3v) is 4.60. The third-order valence-electron chi connectivity index (χ3n) is 4.60. The summed E-state index contributed by atoms with van der Waals surface area (Å²) in [6, 6.07) is 12.4. The lowest BCUT2D eigenvalue weighted by Crippen LogP contribution is -2.02. The fourth-order valence-electron chi connectivity index (χ4n) is 3.25. The minimum Gasteiger partial charge on any atom is -0.478 e. The fourth-order valence-corrected chi connectivity index (χ4v) is 3.25. The van der Waals surface area contributed by atoms with Gasteiger partial charge < -0.3 is 10.2 Å². The van der Waals surface area contributed by atoms with Gasteiger partial charge in [-0.15, -0.1) is 0 Å². The maximum Gasteiger partial charge on any atom is 0.328 e. The van der Waals surface area contributed by atoms with Gasteiger partial charge in [0.2, 0.25) is 0 Å². The molecule has 26 heavy (non-hydrogen) atoms. The van der Waals surface area contributed by atoms with Crippen molar-refractivity contribution in [3.05, 3.63) is 81.9 Å². The van der Waals surface area contributed by atoms with Crippen LogP contribution in [-0.2, 0) is 35.3 Å². The topological polar surface area (TPSA) is 74.6 Å². The average Bonchev–Trinajstić information content (AvgIpc) is 2.60. The highest BCUT2D eigenvalue weighted by Gasteiger charge is 2.09. The first-order valence-electron chi connectivity index (χ1n) is 8.57. The lowest BCUT2D eigenvalue weighted by molar-refractivity contribution is -0.132. The summed E-state index contributed by atoms with van der Waals surface area (Å²) in [5.41, 5.74) is 6.39. The van der Waals surface area contributed by atoms with Gasteiger partial charge in [0.25, 0.3) is 0 Å². The van der Waals surface area contributed by atoms with Crippen molar-refractivity contribution >= 4 is 24.1 Å². The van der Waals surface area contributed by atoms with Crippen LogP contribution < -0.4 is 0 Å². The van der Waals surface area contributed by atoms with E-state index in [-0.39, 0.29) is 0 Å². The third kappa shape index (κ3) is 4.48. The molecule has 0 aliphatic heterocycles. The molecule has 0 atom stereocenters. The molecular formula is C22H20O4. The van der Waals surface area contributed by atoms with Crippen LogP contribution in [0.3, 0.4) is 0 Å². The summed E-state index contributed by atoms with van der Waals surface area (Å²) in [6.07, 6.45) is 8.88. The molecule has 0 spiro atoms. The lowest BCUT2D eigenvalue weighted by Gasteiger charge is -2.14. The molecule has 4 nitrogen and oxygen atoms in total. The number of aryl methyl sites for hydroxylation is 4. The largest absolute Gasteiger partial charge is 0.478 e. The number of carbonyl (C=O) groups is 2. The summed E-state index contributed by atoms with van der Waals surface area (Å²) in [5, 5.41) is 17.8. The standard InChI is InChI=1S/C22H20O4/c23-21(24)11-9-19-13-15-1-5-17(19)8-4-16-2-6-18(7-3-15)20(14-16)10-12-22(25)26/h1-2,5-6,9-14H,3-4,7-8H2,(H,23,24)(H,25,26)/b11-9+,12-10+. The first kappa shape index (κ1) is 17.7.